The van der Waals surface area contributed by atoms with Gasteiger partial charge in [0.15, 0.2) is 0 Å². The molecular weight excluding hydrogens is 178 g/mol. The van der Waals surface area contributed by atoms with Crippen molar-refractivity contribution in [2.75, 3.05) is 26.8 Å². The van der Waals surface area contributed by atoms with Crippen molar-refractivity contribution in [3.63, 3.8) is 0 Å². The molecule has 0 unspecified atom stereocenters. The van der Waals surface area contributed by atoms with Crippen molar-refractivity contribution in [2.45, 2.75) is 38.6 Å². The van der Waals surface area contributed by atoms with Crippen molar-refractivity contribution in [2.24, 2.45) is 0 Å². The van der Waals surface area contributed by atoms with E-state index in [0.717, 1.165) is 32.4 Å². The number of hydrogen-bond donors (Lipinski definition) is 0. The fourth-order valence-corrected chi connectivity index (χ4v) is 1.89. The maximum atomic E-state index is 11.3. The lowest BCUT2D eigenvalue weighted by Gasteiger charge is -2.41. The number of ketones is 1. The van der Waals surface area contributed by atoms with Gasteiger partial charge in [0.2, 0.25) is 0 Å². The van der Waals surface area contributed by atoms with Crippen LogP contribution in [0.25, 0.3) is 0 Å². The van der Waals surface area contributed by atoms with Gasteiger partial charge in [0.1, 0.15) is 5.78 Å². The lowest BCUT2D eigenvalue weighted by atomic mass is 9.90. The molecule has 1 aliphatic rings. The Kier molecular flexibility index (Phi) is 4.08. The van der Waals surface area contributed by atoms with Crippen LogP contribution in [0.1, 0.15) is 33.1 Å². The minimum absolute atomic E-state index is 0.182. The van der Waals surface area contributed by atoms with Gasteiger partial charge in [-0.15, -0.1) is 0 Å². The molecule has 0 aromatic carbocycles. The highest BCUT2D eigenvalue weighted by Gasteiger charge is 2.32. The molecule has 1 fully saturated rings. The van der Waals surface area contributed by atoms with Crippen LogP contribution in [0.3, 0.4) is 0 Å². The lowest BCUT2D eigenvalue weighted by molar-refractivity contribution is -0.125. The number of nitrogens with zero attached hydrogens (tertiary/aromatic N) is 1. The summed E-state index contributed by atoms with van der Waals surface area (Å²) in [4.78, 5) is 13.6. The minimum Gasteiger partial charge on any atom is -0.385 e. The van der Waals surface area contributed by atoms with Gasteiger partial charge in [-0.2, -0.15) is 0 Å². The van der Waals surface area contributed by atoms with Gasteiger partial charge >= 0.3 is 0 Å². The maximum Gasteiger partial charge on any atom is 0.146 e. The number of Topliss-reactive ketones (excluding diaryl/α,β-unsaturated/α-hetero) is 1. The van der Waals surface area contributed by atoms with E-state index in [-0.39, 0.29) is 5.54 Å². The van der Waals surface area contributed by atoms with Gasteiger partial charge in [-0.25, -0.2) is 0 Å². The summed E-state index contributed by atoms with van der Waals surface area (Å²) in [7, 11) is 1.71. The van der Waals surface area contributed by atoms with Crippen LogP contribution in [0.5, 0.6) is 0 Å². The zero-order valence-corrected chi connectivity index (χ0v) is 9.51. The molecule has 1 heterocycles. The average molecular weight is 199 g/mol. The molecule has 0 amide bonds. The molecule has 0 saturated carbocycles. The number of carbonyl (C=O) groups is 1. The first-order chi connectivity index (χ1) is 6.56. The van der Waals surface area contributed by atoms with Gasteiger partial charge in [-0.3, -0.25) is 9.69 Å². The third kappa shape index (κ3) is 3.07. The van der Waals surface area contributed by atoms with Crippen molar-refractivity contribution >= 4 is 5.78 Å². The Labute approximate surface area is 86.4 Å². The Morgan fingerprint density at radius 3 is 2.86 bits per heavy atom. The number of likely N-dealkylation sites (tertiary alicyclic amines) is 1. The van der Waals surface area contributed by atoms with E-state index in [4.69, 9.17) is 4.74 Å². The summed E-state index contributed by atoms with van der Waals surface area (Å²) >= 11 is 0. The molecule has 0 aromatic rings. The van der Waals surface area contributed by atoms with Crippen molar-refractivity contribution in [1.29, 1.82) is 0 Å². The fraction of sp³-hybridized carbons (Fsp3) is 0.909. The molecule has 0 spiro atoms. The summed E-state index contributed by atoms with van der Waals surface area (Å²) in [6, 6.07) is 0. The SMILES string of the molecule is COCCCN1CC(=O)CCC1(C)C. The van der Waals surface area contributed by atoms with E-state index in [2.05, 4.69) is 18.7 Å². The largest absolute Gasteiger partial charge is 0.385 e. The summed E-state index contributed by atoms with van der Waals surface area (Å²) in [5, 5.41) is 0. The molecule has 0 atom stereocenters. The number of methoxy groups -OCH3 is 1. The second-order valence-electron chi connectivity index (χ2n) is 4.62. The topological polar surface area (TPSA) is 29.5 Å². The predicted molar refractivity (Wildman–Crippen MR) is 56.4 cm³/mol. The Morgan fingerprint density at radius 2 is 2.21 bits per heavy atom. The van der Waals surface area contributed by atoms with E-state index in [0.29, 0.717) is 12.3 Å². The Hall–Kier alpha value is -0.410. The van der Waals surface area contributed by atoms with Gasteiger partial charge in [0.25, 0.3) is 0 Å². The summed E-state index contributed by atoms with van der Waals surface area (Å²) < 4.78 is 5.02. The van der Waals surface area contributed by atoms with Crippen LogP contribution in [0.4, 0.5) is 0 Å². The maximum absolute atomic E-state index is 11.3. The second kappa shape index (κ2) is 4.89. The monoisotopic (exact) mass is 199 g/mol. The molecule has 3 heteroatoms. The number of rotatable bonds is 4. The van der Waals surface area contributed by atoms with Crippen LogP contribution < -0.4 is 0 Å². The zero-order chi connectivity index (χ0) is 10.6. The van der Waals surface area contributed by atoms with E-state index in [1.807, 2.05) is 0 Å². The fourth-order valence-electron chi connectivity index (χ4n) is 1.89. The highest BCUT2D eigenvalue weighted by molar-refractivity contribution is 5.81. The number of hydrogen-bond acceptors (Lipinski definition) is 3. The molecular formula is C11H21NO2. The lowest BCUT2D eigenvalue weighted by Crippen LogP contribution is -2.51. The smallest absolute Gasteiger partial charge is 0.146 e. The van der Waals surface area contributed by atoms with Crippen molar-refractivity contribution in [3.8, 4) is 0 Å². The van der Waals surface area contributed by atoms with E-state index in [9.17, 15) is 4.79 Å². The molecule has 82 valence electrons. The molecule has 1 rings (SSSR count). The Balaban J connectivity index is 2.41. The number of ether oxygens (including phenoxy) is 1. The third-order valence-corrected chi connectivity index (χ3v) is 3.02. The average Bonchev–Trinajstić information content (AvgIpc) is 2.12. The molecule has 14 heavy (non-hydrogen) atoms. The summed E-state index contributed by atoms with van der Waals surface area (Å²) in [5.74, 6) is 0.377. The van der Waals surface area contributed by atoms with Crippen LogP contribution in [0, 0.1) is 0 Å². The molecule has 0 aromatic heterocycles. The molecule has 0 bridgehead atoms. The normalized spacial score (nSPS) is 22.6. The van der Waals surface area contributed by atoms with Crippen LogP contribution >= 0.6 is 0 Å². The Bertz CT molecular complexity index is 201. The Morgan fingerprint density at radius 1 is 1.50 bits per heavy atom. The molecule has 3 nitrogen and oxygen atoms in total. The summed E-state index contributed by atoms with van der Waals surface area (Å²) in [5.41, 5.74) is 0.182. The molecule has 1 aliphatic heterocycles. The number of carbonyl (C=O) groups excluding carboxylic acids is 1. The van der Waals surface area contributed by atoms with E-state index < -0.39 is 0 Å². The summed E-state index contributed by atoms with van der Waals surface area (Å²) in [6.07, 6.45) is 2.74. The first-order valence-electron chi connectivity index (χ1n) is 5.32. The van der Waals surface area contributed by atoms with Crippen LogP contribution in [-0.4, -0.2) is 43.0 Å². The van der Waals surface area contributed by atoms with Crippen molar-refractivity contribution in [1.82, 2.24) is 4.90 Å². The first kappa shape index (κ1) is 11.7. The van der Waals surface area contributed by atoms with Gasteiger partial charge in [0.05, 0.1) is 6.54 Å². The zero-order valence-electron chi connectivity index (χ0n) is 9.51. The van der Waals surface area contributed by atoms with Gasteiger partial charge < -0.3 is 4.74 Å². The number of piperidine rings is 1. The van der Waals surface area contributed by atoms with E-state index in [1.54, 1.807) is 7.11 Å². The van der Waals surface area contributed by atoms with E-state index >= 15 is 0 Å². The highest BCUT2D eigenvalue weighted by Crippen LogP contribution is 2.25. The third-order valence-electron chi connectivity index (χ3n) is 3.02. The second-order valence-corrected chi connectivity index (χ2v) is 4.62. The van der Waals surface area contributed by atoms with Crippen molar-refractivity contribution in [3.05, 3.63) is 0 Å². The van der Waals surface area contributed by atoms with Gasteiger partial charge in [-0.1, -0.05) is 0 Å². The first-order valence-corrected chi connectivity index (χ1v) is 5.32. The van der Waals surface area contributed by atoms with Crippen LogP contribution in [0.2, 0.25) is 0 Å². The molecule has 0 N–H and O–H groups in total. The minimum atomic E-state index is 0.182. The van der Waals surface area contributed by atoms with Gasteiger partial charge in [0, 0.05) is 32.2 Å². The molecule has 0 radical (unpaired) electrons. The highest BCUT2D eigenvalue weighted by atomic mass is 16.5. The summed E-state index contributed by atoms with van der Waals surface area (Å²) in [6.45, 7) is 6.79. The van der Waals surface area contributed by atoms with Crippen LogP contribution in [-0.2, 0) is 9.53 Å². The standard InChI is InChI=1S/C11H21NO2/c1-11(2)6-5-10(13)9-12(11)7-4-8-14-3/h4-9H2,1-3H3. The predicted octanol–water partition coefficient (Wildman–Crippen LogP) is 1.47. The van der Waals surface area contributed by atoms with Gasteiger partial charge in [-0.05, 0) is 26.7 Å². The van der Waals surface area contributed by atoms with E-state index in [1.165, 1.54) is 0 Å². The molecule has 1 saturated heterocycles. The molecule has 0 aliphatic carbocycles. The van der Waals surface area contributed by atoms with Crippen LogP contribution in [0.15, 0.2) is 0 Å². The quantitative estimate of drug-likeness (QED) is 0.642. The van der Waals surface area contributed by atoms with Crippen molar-refractivity contribution < 1.29 is 9.53 Å².